The molecule has 0 unspecified atom stereocenters. The zero-order valence-electron chi connectivity index (χ0n) is 21.3. The highest BCUT2D eigenvalue weighted by Gasteiger charge is 2.41. The van der Waals surface area contributed by atoms with Gasteiger partial charge in [-0.15, -0.1) is 0 Å². The fraction of sp³-hybridized carbons (Fsp3) is 0.536. The summed E-state index contributed by atoms with van der Waals surface area (Å²) in [6.07, 6.45) is 3.63. The van der Waals surface area contributed by atoms with Gasteiger partial charge < -0.3 is 0 Å². The number of Topliss-reactive ketones (excluding diaryl/α,β-unsaturated/α-hetero) is 1. The number of alkyl halides is 3. The molecule has 2 aliphatic heterocycles. The number of carbonyl (C=O) groups is 1. The molecule has 2 aromatic heterocycles. The number of hydrogen-bond acceptors (Lipinski definition) is 5. The smallest absolute Gasteiger partial charge is 0.298 e. The number of aromatic nitrogens is 3. The van der Waals surface area contributed by atoms with Crippen LogP contribution >= 0.6 is 0 Å². The number of benzene rings is 1. The van der Waals surface area contributed by atoms with E-state index in [1.165, 1.54) is 25.0 Å². The van der Waals surface area contributed by atoms with Crippen molar-refractivity contribution in [2.45, 2.75) is 51.2 Å². The Morgan fingerprint density at radius 3 is 2.46 bits per heavy atom. The second-order valence-electron chi connectivity index (χ2n) is 10.5. The van der Waals surface area contributed by atoms with Crippen molar-refractivity contribution in [1.82, 2.24) is 24.6 Å². The second-order valence-corrected chi connectivity index (χ2v) is 10.5. The topological polar surface area (TPSA) is 54.3 Å². The molecule has 0 N–H and O–H groups in total. The number of pyridine rings is 1. The Kier molecular flexibility index (Phi) is 7.62. The summed E-state index contributed by atoms with van der Waals surface area (Å²) in [4.78, 5) is 21.5. The lowest BCUT2D eigenvalue weighted by atomic mass is 9.96. The molecule has 0 atom stereocenters. The number of aryl methyl sites for hydroxylation is 1. The van der Waals surface area contributed by atoms with Gasteiger partial charge in [0.1, 0.15) is 0 Å². The van der Waals surface area contributed by atoms with E-state index in [-0.39, 0.29) is 31.6 Å². The highest BCUT2D eigenvalue weighted by Crippen LogP contribution is 2.34. The molecule has 198 valence electrons. The highest BCUT2D eigenvalue weighted by atomic mass is 19.4. The van der Waals surface area contributed by atoms with E-state index in [0.29, 0.717) is 18.8 Å². The Labute approximate surface area is 215 Å². The molecule has 2 aliphatic rings. The lowest BCUT2D eigenvalue weighted by molar-refractivity contribution is -0.185. The van der Waals surface area contributed by atoms with Crippen molar-refractivity contribution < 1.29 is 18.0 Å². The Hall–Kier alpha value is -2.78. The van der Waals surface area contributed by atoms with Gasteiger partial charge in [-0.25, -0.2) is 0 Å². The van der Waals surface area contributed by atoms with Crippen LogP contribution in [0, 0.1) is 5.92 Å². The number of fused-ring (bicyclic) bond motifs is 1. The maximum Gasteiger partial charge on any atom is 0.391 e. The van der Waals surface area contributed by atoms with Crippen LogP contribution < -0.4 is 0 Å². The van der Waals surface area contributed by atoms with Crippen LogP contribution in [0.3, 0.4) is 0 Å². The number of hydrogen-bond donors (Lipinski definition) is 0. The van der Waals surface area contributed by atoms with Crippen molar-refractivity contribution in [1.29, 1.82) is 0 Å². The fourth-order valence-electron chi connectivity index (χ4n) is 5.60. The molecule has 1 aromatic carbocycles. The predicted molar refractivity (Wildman–Crippen MR) is 137 cm³/mol. The van der Waals surface area contributed by atoms with E-state index in [0.717, 1.165) is 41.5 Å². The van der Waals surface area contributed by atoms with Crippen molar-refractivity contribution in [2.24, 2.45) is 13.0 Å². The number of halogens is 3. The lowest BCUT2D eigenvalue weighted by Gasteiger charge is -2.32. The van der Waals surface area contributed by atoms with Gasteiger partial charge in [-0.1, -0.05) is 18.6 Å². The van der Waals surface area contributed by atoms with Crippen LogP contribution in [-0.4, -0.2) is 69.2 Å². The normalized spacial score (nSPS) is 18.5. The standard InChI is InChI=1S/C28H34F3N5O/c1-34-27(19-35-9-3-2-4-10-35)26(17-33-34)20-5-6-21-16-32-24(14-22(21)13-20)15-25(37)18-36-11-7-23(8-12-36)28(29,30)31/h5-6,13-14,16-17,23H,2-4,7-12,15,18-19H2,1H3. The summed E-state index contributed by atoms with van der Waals surface area (Å²) < 4.78 is 40.7. The van der Waals surface area contributed by atoms with Crippen LogP contribution in [-0.2, 0) is 24.8 Å². The summed E-state index contributed by atoms with van der Waals surface area (Å²) >= 11 is 0. The Balaban J connectivity index is 1.26. The molecule has 0 saturated carbocycles. The van der Waals surface area contributed by atoms with Gasteiger partial charge >= 0.3 is 6.18 Å². The number of carbonyl (C=O) groups excluding carboxylic acids is 1. The summed E-state index contributed by atoms with van der Waals surface area (Å²) in [6, 6.07) is 8.22. The van der Waals surface area contributed by atoms with Crippen LogP contribution in [0.15, 0.2) is 36.7 Å². The first-order chi connectivity index (χ1) is 17.8. The number of rotatable bonds is 7. The van der Waals surface area contributed by atoms with Crippen LogP contribution in [0.1, 0.15) is 43.5 Å². The van der Waals surface area contributed by atoms with Crippen molar-refractivity contribution in [3.63, 3.8) is 0 Å². The van der Waals surface area contributed by atoms with Crippen LogP contribution in [0.25, 0.3) is 21.9 Å². The predicted octanol–water partition coefficient (Wildman–Crippen LogP) is 5.01. The van der Waals surface area contributed by atoms with Gasteiger partial charge in [-0.05, 0) is 74.9 Å². The second kappa shape index (κ2) is 10.9. The highest BCUT2D eigenvalue weighted by molar-refractivity contribution is 5.89. The maximum atomic E-state index is 12.9. The molecule has 9 heteroatoms. The van der Waals surface area contributed by atoms with Gasteiger partial charge in [0.25, 0.3) is 0 Å². The van der Waals surface area contributed by atoms with Crippen molar-refractivity contribution in [3.8, 4) is 11.1 Å². The first kappa shape index (κ1) is 25.9. The van der Waals surface area contributed by atoms with Gasteiger partial charge in [0.2, 0.25) is 0 Å². The summed E-state index contributed by atoms with van der Waals surface area (Å²) in [5.74, 6) is -1.28. The van der Waals surface area contributed by atoms with E-state index in [1.807, 2.05) is 35.0 Å². The molecular formula is C28H34F3N5O. The fourth-order valence-corrected chi connectivity index (χ4v) is 5.60. The first-order valence-electron chi connectivity index (χ1n) is 13.2. The Morgan fingerprint density at radius 1 is 0.973 bits per heavy atom. The number of nitrogens with zero attached hydrogens (tertiary/aromatic N) is 5. The molecule has 0 amide bonds. The van der Waals surface area contributed by atoms with Gasteiger partial charge in [0.05, 0.1) is 30.8 Å². The van der Waals surface area contributed by atoms with Crippen molar-refractivity contribution >= 4 is 16.6 Å². The summed E-state index contributed by atoms with van der Waals surface area (Å²) in [6.45, 7) is 3.88. The molecule has 0 radical (unpaired) electrons. The minimum atomic E-state index is -4.14. The third kappa shape index (κ3) is 6.21. The van der Waals surface area contributed by atoms with E-state index in [9.17, 15) is 18.0 Å². The molecule has 3 aromatic rings. The monoisotopic (exact) mass is 513 g/mol. The van der Waals surface area contributed by atoms with Crippen LogP contribution in [0.2, 0.25) is 0 Å². The van der Waals surface area contributed by atoms with Crippen molar-refractivity contribution in [2.75, 3.05) is 32.7 Å². The molecule has 0 spiro atoms. The number of likely N-dealkylation sites (tertiary alicyclic amines) is 2. The zero-order chi connectivity index (χ0) is 26.0. The minimum absolute atomic E-state index is 0.0236. The van der Waals surface area contributed by atoms with E-state index in [2.05, 4.69) is 27.1 Å². The van der Waals surface area contributed by atoms with Gasteiger partial charge in [0.15, 0.2) is 5.78 Å². The molecule has 2 fully saturated rings. The molecule has 6 nitrogen and oxygen atoms in total. The van der Waals surface area contributed by atoms with Gasteiger partial charge in [-0.3, -0.25) is 24.3 Å². The van der Waals surface area contributed by atoms with Crippen molar-refractivity contribution in [3.05, 3.63) is 48.0 Å². The SMILES string of the molecule is Cn1ncc(-c2ccc3cnc(CC(=O)CN4CCC(C(F)(F)F)CC4)cc3c2)c1CN1CCCCC1. The number of ketones is 1. The van der Waals surface area contributed by atoms with Crippen LogP contribution in [0.5, 0.6) is 0 Å². The largest absolute Gasteiger partial charge is 0.391 e. The summed E-state index contributed by atoms with van der Waals surface area (Å²) in [5, 5.41) is 6.54. The zero-order valence-corrected chi connectivity index (χ0v) is 21.3. The lowest BCUT2D eigenvalue weighted by Crippen LogP contribution is -2.41. The van der Waals surface area contributed by atoms with E-state index in [4.69, 9.17) is 0 Å². The quantitative estimate of drug-likeness (QED) is 0.445. The molecule has 0 bridgehead atoms. The average molecular weight is 514 g/mol. The third-order valence-electron chi connectivity index (χ3n) is 7.80. The molecule has 2 saturated heterocycles. The van der Waals surface area contributed by atoms with E-state index < -0.39 is 12.1 Å². The minimum Gasteiger partial charge on any atom is -0.298 e. The third-order valence-corrected chi connectivity index (χ3v) is 7.80. The Morgan fingerprint density at radius 2 is 1.73 bits per heavy atom. The number of piperidine rings is 2. The molecule has 0 aliphatic carbocycles. The maximum absolute atomic E-state index is 12.9. The van der Waals surface area contributed by atoms with Gasteiger partial charge in [0, 0.05) is 36.4 Å². The molecule has 37 heavy (non-hydrogen) atoms. The Bertz CT molecular complexity index is 1240. The molecule has 4 heterocycles. The average Bonchev–Trinajstić information content (AvgIpc) is 3.23. The van der Waals surface area contributed by atoms with E-state index >= 15 is 0 Å². The molecule has 5 rings (SSSR count). The molecular weight excluding hydrogens is 479 g/mol. The summed E-state index contributed by atoms with van der Waals surface area (Å²) in [5.41, 5.74) is 4.08. The summed E-state index contributed by atoms with van der Waals surface area (Å²) in [7, 11) is 1.99. The van der Waals surface area contributed by atoms with E-state index in [1.54, 1.807) is 6.20 Å². The first-order valence-corrected chi connectivity index (χ1v) is 13.2. The van der Waals surface area contributed by atoms with Gasteiger partial charge in [-0.2, -0.15) is 18.3 Å². The van der Waals surface area contributed by atoms with Crippen LogP contribution in [0.4, 0.5) is 13.2 Å².